The molecule has 3 rings (SSSR count). The van der Waals surface area contributed by atoms with Gasteiger partial charge in [-0.1, -0.05) is 23.9 Å². The number of thioether (sulfide) groups is 1. The van der Waals surface area contributed by atoms with Gasteiger partial charge in [0.05, 0.1) is 5.69 Å². The molecule has 0 aliphatic carbocycles. The predicted molar refractivity (Wildman–Crippen MR) is 81.6 cm³/mol. The van der Waals surface area contributed by atoms with Crippen LogP contribution in [-0.2, 0) is 14.4 Å². The lowest BCUT2D eigenvalue weighted by molar-refractivity contribution is -0.137. The van der Waals surface area contributed by atoms with Crippen LogP contribution in [0.2, 0.25) is 0 Å². The van der Waals surface area contributed by atoms with Gasteiger partial charge in [0.25, 0.3) is 5.91 Å². The van der Waals surface area contributed by atoms with E-state index in [0.717, 1.165) is 10.6 Å². The number of anilines is 1. The lowest BCUT2D eigenvalue weighted by Gasteiger charge is -2.29. The van der Waals surface area contributed by atoms with Crippen molar-refractivity contribution in [3.8, 4) is 0 Å². The van der Waals surface area contributed by atoms with Crippen molar-refractivity contribution in [2.45, 2.75) is 35.4 Å². The zero-order valence-electron chi connectivity index (χ0n) is 11.9. The second kappa shape index (κ2) is 5.64. The van der Waals surface area contributed by atoms with Crippen molar-refractivity contribution in [2.75, 3.05) is 11.4 Å². The summed E-state index contributed by atoms with van der Waals surface area (Å²) in [6.07, 6.45) is 1.21. The third-order valence-corrected chi connectivity index (χ3v) is 5.36. The molecule has 1 fully saturated rings. The fraction of sp³-hybridized carbons (Fsp3) is 0.400. The molecule has 22 heavy (non-hydrogen) atoms. The average molecular weight is 320 g/mol. The van der Waals surface area contributed by atoms with Crippen molar-refractivity contribution >= 4 is 35.2 Å². The molecule has 6 nitrogen and oxygen atoms in total. The molecule has 2 amide bonds. The number of carboxylic acids is 1. The van der Waals surface area contributed by atoms with Gasteiger partial charge in [-0.05, 0) is 25.0 Å². The van der Waals surface area contributed by atoms with Gasteiger partial charge in [-0.15, -0.1) is 0 Å². The van der Waals surface area contributed by atoms with Crippen molar-refractivity contribution < 1.29 is 19.5 Å². The summed E-state index contributed by atoms with van der Waals surface area (Å²) in [5.74, 6) is -1.14. The summed E-state index contributed by atoms with van der Waals surface area (Å²) < 4.78 is 0. The Morgan fingerprint density at radius 2 is 2.14 bits per heavy atom. The van der Waals surface area contributed by atoms with Crippen LogP contribution in [0.4, 0.5) is 5.69 Å². The molecule has 2 aliphatic rings. The molecule has 0 radical (unpaired) electrons. The molecule has 1 unspecified atom stereocenters. The largest absolute Gasteiger partial charge is 0.481 e. The SMILES string of the molecule is O=C(O)CCCNC(=O)C12CCC(=O)N1c1ccccc1S2. The van der Waals surface area contributed by atoms with Crippen LogP contribution in [0.25, 0.3) is 0 Å². The Balaban J connectivity index is 1.76. The first kappa shape index (κ1) is 14.9. The number of nitrogens with one attached hydrogen (secondary N) is 1. The molecule has 0 bridgehead atoms. The van der Waals surface area contributed by atoms with Crippen molar-refractivity contribution in [1.29, 1.82) is 0 Å². The highest BCUT2D eigenvalue weighted by Crippen LogP contribution is 2.55. The number of fused-ring (bicyclic) bond motifs is 3. The maximum absolute atomic E-state index is 12.6. The number of hydrogen-bond acceptors (Lipinski definition) is 4. The van der Waals surface area contributed by atoms with E-state index in [9.17, 15) is 14.4 Å². The minimum atomic E-state index is -0.913. The first-order valence-electron chi connectivity index (χ1n) is 7.16. The second-order valence-corrected chi connectivity index (χ2v) is 6.66. The van der Waals surface area contributed by atoms with Gasteiger partial charge >= 0.3 is 5.97 Å². The van der Waals surface area contributed by atoms with E-state index in [-0.39, 0.29) is 18.2 Å². The Kier molecular flexibility index (Phi) is 3.82. The van der Waals surface area contributed by atoms with Crippen LogP contribution in [-0.4, -0.2) is 34.3 Å². The fourth-order valence-corrected chi connectivity index (χ4v) is 4.31. The van der Waals surface area contributed by atoms with Crippen LogP contribution in [0.3, 0.4) is 0 Å². The minimum absolute atomic E-state index is 0.0172. The fourth-order valence-electron chi connectivity index (χ4n) is 2.88. The molecule has 0 spiro atoms. The summed E-state index contributed by atoms with van der Waals surface area (Å²) in [4.78, 5) is 37.0. The lowest BCUT2D eigenvalue weighted by Crippen LogP contribution is -2.52. The third kappa shape index (κ3) is 2.35. The summed E-state index contributed by atoms with van der Waals surface area (Å²) in [7, 11) is 0. The van der Waals surface area contributed by atoms with E-state index in [1.54, 1.807) is 4.90 Å². The molecule has 2 heterocycles. The highest BCUT2D eigenvalue weighted by molar-refractivity contribution is 8.02. The molecule has 7 heteroatoms. The maximum Gasteiger partial charge on any atom is 0.303 e. The molecule has 2 N–H and O–H groups in total. The third-order valence-electron chi connectivity index (χ3n) is 3.88. The van der Waals surface area contributed by atoms with Gasteiger partial charge in [0.15, 0.2) is 4.87 Å². The maximum atomic E-state index is 12.6. The minimum Gasteiger partial charge on any atom is -0.481 e. The smallest absolute Gasteiger partial charge is 0.303 e. The molecule has 1 atom stereocenters. The van der Waals surface area contributed by atoms with Crippen LogP contribution >= 0.6 is 11.8 Å². The van der Waals surface area contributed by atoms with Crippen LogP contribution in [0.1, 0.15) is 25.7 Å². The molecule has 116 valence electrons. The Labute approximate surface area is 131 Å². The van der Waals surface area contributed by atoms with E-state index in [1.807, 2.05) is 24.3 Å². The van der Waals surface area contributed by atoms with Gasteiger partial charge in [-0.2, -0.15) is 0 Å². The van der Waals surface area contributed by atoms with Gasteiger partial charge < -0.3 is 10.4 Å². The standard InChI is InChI=1S/C15H16N2O4S/c18-12-7-8-15(14(21)16-9-3-6-13(19)20)17(12)10-4-1-2-5-11(10)22-15/h1-2,4-5H,3,6-9H2,(H,16,21)(H,19,20). The van der Waals surface area contributed by atoms with E-state index < -0.39 is 10.8 Å². The first-order chi connectivity index (χ1) is 10.5. The number of carbonyl (C=O) groups excluding carboxylic acids is 2. The number of carboxylic acid groups (broad SMARTS) is 1. The first-order valence-corrected chi connectivity index (χ1v) is 7.97. The van der Waals surface area contributed by atoms with Gasteiger partial charge in [0, 0.05) is 24.3 Å². The molecule has 0 aromatic heterocycles. The molecule has 1 aromatic carbocycles. The van der Waals surface area contributed by atoms with Crippen LogP contribution in [0.5, 0.6) is 0 Å². The second-order valence-electron chi connectivity index (χ2n) is 5.34. The van der Waals surface area contributed by atoms with Gasteiger partial charge in [-0.3, -0.25) is 19.3 Å². The Morgan fingerprint density at radius 1 is 1.36 bits per heavy atom. The lowest BCUT2D eigenvalue weighted by atomic mass is 10.1. The molecule has 0 saturated carbocycles. The van der Waals surface area contributed by atoms with E-state index in [4.69, 9.17) is 5.11 Å². The monoisotopic (exact) mass is 320 g/mol. The average Bonchev–Trinajstić information content (AvgIpc) is 2.99. The van der Waals surface area contributed by atoms with Crippen molar-refractivity contribution in [3.05, 3.63) is 24.3 Å². The number of rotatable bonds is 5. The highest BCUT2D eigenvalue weighted by atomic mass is 32.2. The summed E-state index contributed by atoms with van der Waals surface area (Å²) >= 11 is 1.41. The summed E-state index contributed by atoms with van der Waals surface area (Å²) in [5.41, 5.74) is 0.788. The number of hydrogen-bond donors (Lipinski definition) is 2. The van der Waals surface area contributed by atoms with Gasteiger partial charge in [-0.25, -0.2) is 0 Å². The van der Waals surface area contributed by atoms with E-state index in [1.165, 1.54) is 11.8 Å². The molecular weight excluding hydrogens is 304 g/mol. The molecule has 2 aliphatic heterocycles. The predicted octanol–water partition coefficient (Wildman–Crippen LogP) is 1.60. The number of aliphatic carboxylic acids is 1. The molecule has 1 saturated heterocycles. The number of nitrogens with zero attached hydrogens (tertiary/aromatic N) is 1. The van der Waals surface area contributed by atoms with Crippen LogP contribution < -0.4 is 10.2 Å². The summed E-state index contributed by atoms with van der Waals surface area (Å²) in [6.45, 7) is 0.297. The number of amides is 2. The van der Waals surface area contributed by atoms with Crippen LogP contribution in [0, 0.1) is 0 Å². The number of para-hydroxylation sites is 1. The quantitative estimate of drug-likeness (QED) is 0.805. The van der Waals surface area contributed by atoms with Crippen molar-refractivity contribution in [2.24, 2.45) is 0 Å². The molecule has 1 aromatic rings. The normalized spacial score (nSPS) is 22.4. The van der Waals surface area contributed by atoms with Gasteiger partial charge in [0.2, 0.25) is 5.91 Å². The van der Waals surface area contributed by atoms with Crippen molar-refractivity contribution in [3.63, 3.8) is 0 Å². The molecular formula is C15H16N2O4S. The Morgan fingerprint density at radius 3 is 2.91 bits per heavy atom. The highest BCUT2D eigenvalue weighted by Gasteiger charge is 2.57. The summed E-state index contributed by atoms with van der Waals surface area (Å²) in [6, 6.07) is 7.50. The Bertz CT molecular complexity index is 648. The topological polar surface area (TPSA) is 86.7 Å². The van der Waals surface area contributed by atoms with E-state index >= 15 is 0 Å². The summed E-state index contributed by atoms with van der Waals surface area (Å²) in [5, 5.41) is 11.4. The van der Waals surface area contributed by atoms with E-state index in [0.29, 0.717) is 25.8 Å². The zero-order chi connectivity index (χ0) is 15.7. The number of benzene rings is 1. The number of carbonyl (C=O) groups is 3. The van der Waals surface area contributed by atoms with Crippen LogP contribution in [0.15, 0.2) is 29.2 Å². The zero-order valence-corrected chi connectivity index (χ0v) is 12.7. The van der Waals surface area contributed by atoms with E-state index in [2.05, 4.69) is 5.32 Å². The van der Waals surface area contributed by atoms with Crippen molar-refractivity contribution in [1.82, 2.24) is 5.32 Å². The van der Waals surface area contributed by atoms with Gasteiger partial charge in [0.1, 0.15) is 0 Å². The Hall–Kier alpha value is -2.02.